The molecule has 0 atom stereocenters. The molecule has 0 fully saturated rings. The highest BCUT2D eigenvalue weighted by Crippen LogP contribution is 2.41. The van der Waals surface area contributed by atoms with Crippen molar-refractivity contribution >= 4 is 11.9 Å². The number of methoxy groups -OCH3 is 3. The van der Waals surface area contributed by atoms with Crippen molar-refractivity contribution < 1.29 is 32.9 Å². The third-order valence-corrected chi connectivity index (χ3v) is 5.34. The average Bonchev–Trinajstić information content (AvgIpc) is 3.14. The van der Waals surface area contributed by atoms with E-state index in [2.05, 4.69) is 0 Å². The van der Waals surface area contributed by atoms with Gasteiger partial charge in [0.2, 0.25) is 5.78 Å². The highest BCUT2D eigenvalue weighted by atomic mass is 19.1. The molecule has 0 amide bonds. The number of hydrogen-bond acceptors (Lipinski definition) is 6. The van der Waals surface area contributed by atoms with Crippen molar-refractivity contribution in [1.29, 1.82) is 0 Å². The Hall–Kier alpha value is -4.00. The van der Waals surface area contributed by atoms with Crippen molar-refractivity contribution in [3.05, 3.63) is 82.4 Å². The van der Waals surface area contributed by atoms with Crippen molar-refractivity contribution in [3.8, 4) is 28.7 Å². The Kier molecular flexibility index (Phi) is 6.22. The van der Waals surface area contributed by atoms with Crippen LogP contribution in [0.1, 0.15) is 27.0 Å². The van der Waals surface area contributed by atoms with Crippen LogP contribution in [-0.2, 0) is 6.61 Å². The molecule has 170 valence electrons. The number of ether oxygens (including phenoxy) is 5. The van der Waals surface area contributed by atoms with E-state index < -0.39 is 0 Å². The van der Waals surface area contributed by atoms with Crippen LogP contribution >= 0.6 is 0 Å². The van der Waals surface area contributed by atoms with Gasteiger partial charge in [-0.2, -0.15) is 0 Å². The molecule has 0 radical (unpaired) electrons. The maximum absolute atomic E-state index is 13.4. The van der Waals surface area contributed by atoms with Crippen LogP contribution in [0.4, 0.5) is 4.39 Å². The van der Waals surface area contributed by atoms with E-state index in [0.717, 1.165) is 0 Å². The first-order chi connectivity index (χ1) is 15.9. The van der Waals surface area contributed by atoms with Gasteiger partial charge in [0.05, 0.1) is 26.9 Å². The van der Waals surface area contributed by atoms with Gasteiger partial charge in [0.15, 0.2) is 17.3 Å². The molecular formula is C26H23FO6. The van der Waals surface area contributed by atoms with Crippen LogP contribution in [0.5, 0.6) is 28.7 Å². The first-order valence-electron chi connectivity index (χ1n) is 10.2. The Bertz CT molecular complexity index is 1250. The zero-order valence-electron chi connectivity index (χ0n) is 18.7. The number of carbonyl (C=O) groups is 1. The van der Waals surface area contributed by atoms with Crippen LogP contribution in [0, 0.1) is 12.7 Å². The Balaban J connectivity index is 1.62. The summed E-state index contributed by atoms with van der Waals surface area (Å²) in [5, 5.41) is 0. The summed E-state index contributed by atoms with van der Waals surface area (Å²) < 4.78 is 41.3. The molecule has 0 spiro atoms. The van der Waals surface area contributed by atoms with Gasteiger partial charge in [-0.15, -0.1) is 0 Å². The molecule has 3 aromatic rings. The Morgan fingerprint density at radius 2 is 1.64 bits per heavy atom. The van der Waals surface area contributed by atoms with Gasteiger partial charge in [-0.05, 0) is 48.9 Å². The summed E-state index contributed by atoms with van der Waals surface area (Å²) in [6.07, 6.45) is 1.61. The molecule has 3 aromatic carbocycles. The first-order valence-corrected chi connectivity index (χ1v) is 10.2. The van der Waals surface area contributed by atoms with Gasteiger partial charge in [-0.1, -0.05) is 12.1 Å². The maximum atomic E-state index is 13.4. The molecule has 33 heavy (non-hydrogen) atoms. The van der Waals surface area contributed by atoms with Crippen molar-refractivity contribution in [2.45, 2.75) is 13.5 Å². The van der Waals surface area contributed by atoms with E-state index in [4.69, 9.17) is 23.7 Å². The molecule has 1 heterocycles. The number of rotatable bonds is 7. The largest absolute Gasteiger partial charge is 0.496 e. The van der Waals surface area contributed by atoms with Gasteiger partial charge in [0, 0.05) is 17.2 Å². The summed E-state index contributed by atoms with van der Waals surface area (Å²) in [5.41, 5.74) is 2.43. The lowest BCUT2D eigenvalue weighted by atomic mass is 10.1. The third-order valence-electron chi connectivity index (χ3n) is 5.34. The van der Waals surface area contributed by atoms with Gasteiger partial charge in [-0.25, -0.2) is 4.39 Å². The Morgan fingerprint density at radius 3 is 2.33 bits per heavy atom. The van der Waals surface area contributed by atoms with Crippen LogP contribution in [0.15, 0.2) is 54.3 Å². The van der Waals surface area contributed by atoms with Gasteiger partial charge >= 0.3 is 0 Å². The molecule has 6 nitrogen and oxygen atoms in total. The predicted octanol–water partition coefficient (Wildman–Crippen LogP) is 5.36. The van der Waals surface area contributed by atoms with E-state index in [1.165, 1.54) is 33.5 Å². The predicted molar refractivity (Wildman–Crippen MR) is 121 cm³/mol. The van der Waals surface area contributed by atoms with Crippen LogP contribution in [0.25, 0.3) is 6.08 Å². The monoisotopic (exact) mass is 450 g/mol. The average molecular weight is 450 g/mol. The Morgan fingerprint density at radius 1 is 0.909 bits per heavy atom. The fraction of sp³-hybridized carbons (Fsp3) is 0.192. The number of ketones is 1. The first kappa shape index (κ1) is 22.2. The zero-order chi connectivity index (χ0) is 23.5. The fourth-order valence-corrected chi connectivity index (χ4v) is 3.62. The molecule has 0 N–H and O–H groups in total. The number of halogens is 1. The van der Waals surface area contributed by atoms with Crippen molar-refractivity contribution in [2.75, 3.05) is 21.3 Å². The lowest BCUT2D eigenvalue weighted by Crippen LogP contribution is -2.00. The molecule has 1 aliphatic rings. The number of carbonyl (C=O) groups excluding carboxylic acids is 1. The summed E-state index contributed by atoms with van der Waals surface area (Å²) in [5.74, 6) is 2.08. The summed E-state index contributed by atoms with van der Waals surface area (Å²) in [4.78, 5) is 13.0. The quantitative estimate of drug-likeness (QED) is 0.452. The molecule has 7 heteroatoms. The zero-order valence-corrected chi connectivity index (χ0v) is 18.7. The molecule has 0 unspecified atom stereocenters. The number of fused-ring (bicyclic) bond motifs is 1. The molecule has 0 saturated carbocycles. The normalized spacial score (nSPS) is 13.5. The summed E-state index contributed by atoms with van der Waals surface area (Å²) in [7, 11) is 4.59. The lowest BCUT2D eigenvalue weighted by molar-refractivity contribution is 0.101. The van der Waals surface area contributed by atoms with Crippen molar-refractivity contribution in [2.24, 2.45) is 0 Å². The second-order valence-corrected chi connectivity index (χ2v) is 7.37. The van der Waals surface area contributed by atoms with Crippen LogP contribution in [0.3, 0.4) is 0 Å². The smallest absolute Gasteiger partial charge is 0.231 e. The van der Waals surface area contributed by atoms with Crippen LogP contribution in [-0.4, -0.2) is 27.1 Å². The third kappa shape index (κ3) is 4.35. The van der Waals surface area contributed by atoms with Gasteiger partial charge in [-0.3, -0.25) is 4.79 Å². The van der Waals surface area contributed by atoms with Gasteiger partial charge in [0.25, 0.3) is 0 Å². The van der Waals surface area contributed by atoms with E-state index in [-0.39, 0.29) is 24.0 Å². The topological polar surface area (TPSA) is 63.2 Å². The second-order valence-electron chi connectivity index (χ2n) is 7.37. The highest BCUT2D eigenvalue weighted by molar-refractivity contribution is 6.15. The lowest BCUT2D eigenvalue weighted by Gasteiger charge is -2.13. The van der Waals surface area contributed by atoms with Crippen molar-refractivity contribution in [3.63, 3.8) is 0 Å². The number of benzene rings is 3. The minimum atomic E-state index is -0.323. The summed E-state index contributed by atoms with van der Waals surface area (Å²) in [6.45, 7) is 2.00. The Labute approximate surface area is 191 Å². The molecule has 0 saturated heterocycles. The molecular weight excluding hydrogens is 427 g/mol. The van der Waals surface area contributed by atoms with E-state index in [9.17, 15) is 9.18 Å². The number of hydrogen-bond donors (Lipinski definition) is 0. The van der Waals surface area contributed by atoms with Gasteiger partial charge < -0.3 is 23.7 Å². The molecule has 4 rings (SSSR count). The number of Topliss-reactive ketones (excluding diaryl/α,β-unsaturated/α-hetero) is 1. The minimum absolute atomic E-state index is 0.154. The van der Waals surface area contributed by atoms with E-state index in [1.807, 2.05) is 6.92 Å². The van der Waals surface area contributed by atoms with Crippen molar-refractivity contribution in [1.82, 2.24) is 0 Å². The summed E-state index contributed by atoms with van der Waals surface area (Å²) in [6, 6.07) is 13.0. The highest BCUT2D eigenvalue weighted by Gasteiger charge is 2.30. The molecule has 0 aromatic heterocycles. The van der Waals surface area contributed by atoms with E-state index in [0.29, 0.717) is 51.0 Å². The van der Waals surface area contributed by atoms with Crippen LogP contribution < -0.4 is 23.7 Å². The minimum Gasteiger partial charge on any atom is -0.496 e. The van der Waals surface area contributed by atoms with E-state index in [1.54, 1.807) is 42.5 Å². The SMILES string of the molecule is COc1cc(OC)c(OC)cc1/C=C1\Oc2c(ccc(OCc3cccc(F)c3)c2C)C1=O. The summed E-state index contributed by atoms with van der Waals surface area (Å²) >= 11 is 0. The molecule has 0 aliphatic carbocycles. The maximum Gasteiger partial charge on any atom is 0.231 e. The standard InChI is InChI=1S/C26H23FO6/c1-15-20(32-14-16-6-5-7-18(27)10-16)9-8-19-25(28)24(33-26(15)19)12-17-11-22(30-3)23(31-4)13-21(17)29-2/h5-13H,14H2,1-4H3/b24-12-. The second kappa shape index (κ2) is 9.24. The fourth-order valence-electron chi connectivity index (χ4n) is 3.62. The van der Waals surface area contributed by atoms with E-state index >= 15 is 0 Å². The van der Waals surface area contributed by atoms with Gasteiger partial charge in [0.1, 0.15) is 29.7 Å². The molecule has 0 bridgehead atoms. The molecule has 1 aliphatic heterocycles. The van der Waals surface area contributed by atoms with Crippen LogP contribution in [0.2, 0.25) is 0 Å². The number of allylic oxidation sites excluding steroid dienone is 1.